The zero-order valence-corrected chi connectivity index (χ0v) is 15.1. The Morgan fingerprint density at radius 3 is 2.48 bits per heavy atom. The van der Waals surface area contributed by atoms with Gasteiger partial charge in [-0.2, -0.15) is 0 Å². The van der Waals surface area contributed by atoms with Gasteiger partial charge in [-0.05, 0) is 24.3 Å². The molecule has 1 aromatic carbocycles. The van der Waals surface area contributed by atoms with Crippen LogP contribution in [0.1, 0.15) is 5.69 Å². The summed E-state index contributed by atoms with van der Waals surface area (Å²) in [5.41, 5.74) is 3.17. The van der Waals surface area contributed by atoms with E-state index in [1.807, 2.05) is 53.2 Å². The van der Waals surface area contributed by atoms with Gasteiger partial charge in [-0.25, -0.2) is 9.97 Å². The minimum absolute atomic E-state index is 0.545. The molecule has 0 saturated heterocycles. The van der Waals surface area contributed by atoms with Crippen LogP contribution in [-0.2, 0) is 6.54 Å². The standard InChI is InChI=1S/C20H19N5O2/c1-26-16-7-5-8-17(27-2)18(16)15-13-25-11-10-22-20(25)19(24-15)23-12-14-6-3-4-9-21-14/h3-11,13H,12H2,1-2H3,(H,23,24). The van der Waals surface area contributed by atoms with E-state index in [2.05, 4.69) is 15.3 Å². The Hall–Kier alpha value is -3.61. The van der Waals surface area contributed by atoms with Gasteiger partial charge in [0.15, 0.2) is 11.5 Å². The van der Waals surface area contributed by atoms with E-state index < -0.39 is 0 Å². The molecule has 0 saturated carbocycles. The Morgan fingerprint density at radius 2 is 1.78 bits per heavy atom. The lowest BCUT2D eigenvalue weighted by atomic mass is 10.1. The summed E-state index contributed by atoms with van der Waals surface area (Å²) in [5.74, 6) is 2.05. The molecule has 27 heavy (non-hydrogen) atoms. The fraction of sp³-hybridized carbons (Fsp3) is 0.150. The van der Waals surface area contributed by atoms with Gasteiger partial charge in [-0.1, -0.05) is 12.1 Å². The SMILES string of the molecule is COc1cccc(OC)c1-c1cn2ccnc2c(NCc2ccccn2)n1. The first-order valence-corrected chi connectivity index (χ1v) is 8.49. The monoisotopic (exact) mass is 361 g/mol. The quantitative estimate of drug-likeness (QED) is 0.567. The smallest absolute Gasteiger partial charge is 0.180 e. The van der Waals surface area contributed by atoms with Gasteiger partial charge in [0.2, 0.25) is 0 Å². The molecule has 3 aromatic heterocycles. The van der Waals surface area contributed by atoms with Gasteiger partial charge in [-0.15, -0.1) is 0 Å². The Kier molecular flexibility index (Phi) is 4.57. The lowest BCUT2D eigenvalue weighted by Gasteiger charge is -2.14. The van der Waals surface area contributed by atoms with Crippen molar-refractivity contribution >= 4 is 11.5 Å². The van der Waals surface area contributed by atoms with Crippen LogP contribution in [0.5, 0.6) is 11.5 Å². The summed E-state index contributed by atoms with van der Waals surface area (Å²) in [4.78, 5) is 13.5. The van der Waals surface area contributed by atoms with Crippen LogP contribution < -0.4 is 14.8 Å². The molecule has 0 fully saturated rings. The zero-order chi connectivity index (χ0) is 18.6. The molecule has 4 rings (SSSR count). The van der Waals surface area contributed by atoms with Crippen molar-refractivity contribution in [1.29, 1.82) is 0 Å². The third-order valence-electron chi connectivity index (χ3n) is 4.22. The molecule has 0 amide bonds. The average molecular weight is 361 g/mol. The summed E-state index contributed by atoms with van der Waals surface area (Å²) in [6.45, 7) is 0.545. The molecule has 7 heteroatoms. The highest BCUT2D eigenvalue weighted by molar-refractivity contribution is 5.77. The number of imidazole rings is 1. The van der Waals surface area contributed by atoms with E-state index in [1.165, 1.54) is 0 Å². The van der Waals surface area contributed by atoms with Crippen molar-refractivity contribution < 1.29 is 9.47 Å². The second kappa shape index (κ2) is 7.33. The van der Waals surface area contributed by atoms with Crippen LogP contribution in [0.3, 0.4) is 0 Å². The predicted molar refractivity (Wildman–Crippen MR) is 103 cm³/mol. The number of pyridine rings is 1. The van der Waals surface area contributed by atoms with Crippen molar-refractivity contribution in [3.05, 3.63) is 66.9 Å². The van der Waals surface area contributed by atoms with Crippen molar-refractivity contribution in [3.63, 3.8) is 0 Å². The van der Waals surface area contributed by atoms with Crippen LogP contribution in [0.2, 0.25) is 0 Å². The first-order chi connectivity index (χ1) is 13.3. The molecule has 1 N–H and O–H groups in total. The number of nitrogens with zero attached hydrogens (tertiary/aromatic N) is 4. The van der Waals surface area contributed by atoms with Gasteiger partial charge in [-0.3, -0.25) is 4.98 Å². The summed E-state index contributed by atoms with van der Waals surface area (Å²) < 4.78 is 13.0. The van der Waals surface area contributed by atoms with E-state index in [9.17, 15) is 0 Å². The molecule has 3 heterocycles. The summed E-state index contributed by atoms with van der Waals surface area (Å²) in [6.07, 6.45) is 7.31. The maximum absolute atomic E-state index is 5.53. The molecular weight excluding hydrogens is 342 g/mol. The second-order valence-corrected chi connectivity index (χ2v) is 5.85. The molecule has 0 unspecified atom stereocenters. The van der Waals surface area contributed by atoms with E-state index in [0.29, 0.717) is 23.9 Å². The number of anilines is 1. The summed E-state index contributed by atoms with van der Waals surface area (Å²) in [7, 11) is 3.27. The molecule has 0 atom stereocenters. The molecule has 0 bridgehead atoms. The third-order valence-corrected chi connectivity index (χ3v) is 4.22. The molecule has 136 valence electrons. The van der Waals surface area contributed by atoms with E-state index in [-0.39, 0.29) is 0 Å². The molecule has 7 nitrogen and oxygen atoms in total. The zero-order valence-electron chi connectivity index (χ0n) is 15.1. The summed E-state index contributed by atoms with van der Waals surface area (Å²) in [5, 5.41) is 3.34. The molecule has 0 radical (unpaired) electrons. The number of nitrogens with one attached hydrogen (secondary N) is 1. The number of methoxy groups -OCH3 is 2. The average Bonchev–Trinajstić information content (AvgIpc) is 3.20. The third kappa shape index (κ3) is 3.27. The van der Waals surface area contributed by atoms with Gasteiger partial charge in [0.1, 0.15) is 11.5 Å². The number of fused-ring (bicyclic) bond motifs is 1. The minimum atomic E-state index is 0.545. The highest BCUT2D eigenvalue weighted by atomic mass is 16.5. The number of benzene rings is 1. The van der Waals surface area contributed by atoms with Crippen LogP contribution >= 0.6 is 0 Å². The van der Waals surface area contributed by atoms with E-state index in [4.69, 9.17) is 14.5 Å². The van der Waals surface area contributed by atoms with Gasteiger partial charge < -0.3 is 19.2 Å². The number of rotatable bonds is 6. The highest BCUT2D eigenvalue weighted by Gasteiger charge is 2.17. The number of aromatic nitrogens is 4. The van der Waals surface area contributed by atoms with E-state index in [1.54, 1.807) is 26.6 Å². The van der Waals surface area contributed by atoms with E-state index in [0.717, 1.165) is 22.6 Å². The van der Waals surface area contributed by atoms with Crippen LogP contribution in [0, 0.1) is 0 Å². The van der Waals surface area contributed by atoms with Crippen molar-refractivity contribution in [2.24, 2.45) is 0 Å². The molecular formula is C20H19N5O2. The van der Waals surface area contributed by atoms with Crippen LogP contribution in [0.4, 0.5) is 5.82 Å². The fourth-order valence-electron chi connectivity index (χ4n) is 2.95. The second-order valence-electron chi connectivity index (χ2n) is 5.85. The Bertz CT molecular complexity index is 1040. The lowest BCUT2D eigenvalue weighted by Crippen LogP contribution is -2.06. The number of ether oxygens (including phenoxy) is 2. The van der Waals surface area contributed by atoms with E-state index >= 15 is 0 Å². The molecule has 0 aliphatic carbocycles. The van der Waals surface area contributed by atoms with Crippen molar-refractivity contribution in [2.75, 3.05) is 19.5 Å². The first kappa shape index (κ1) is 16.8. The van der Waals surface area contributed by atoms with Crippen molar-refractivity contribution in [1.82, 2.24) is 19.4 Å². The maximum atomic E-state index is 5.53. The Balaban J connectivity index is 1.79. The van der Waals surface area contributed by atoms with Gasteiger partial charge in [0, 0.05) is 24.8 Å². The van der Waals surface area contributed by atoms with Crippen molar-refractivity contribution in [2.45, 2.75) is 6.54 Å². The lowest BCUT2D eigenvalue weighted by molar-refractivity contribution is 0.397. The van der Waals surface area contributed by atoms with Gasteiger partial charge in [0.05, 0.1) is 37.7 Å². The maximum Gasteiger partial charge on any atom is 0.180 e. The fourth-order valence-corrected chi connectivity index (χ4v) is 2.95. The molecule has 0 spiro atoms. The van der Waals surface area contributed by atoms with Crippen LogP contribution in [0.25, 0.3) is 16.9 Å². The normalized spacial score (nSPS) is 10.7. The predicted octanol–water partition coefficient (Wildman–Crippen LogP) is 3.42. The van der Waals surface area contributed by atoms with Crippen LogP contribution in [0.15, 0.2) is 61.2 Å². The Labute approximate surface area is 156 Å². The summed E-state index contributed by atoms with van der Waals surface area (Å²) >= 11 is 0. The van der Waals surface area contributed by atoms with Gasteiger partial charge in [0.25, 0.3) is 0 Å². The van der Waals surface area contributed by atoms with Crippen molar-refractivity contribution in [3.8, 4) is 22.8 Å². The topological polar surface area (TPSA) is 73.6 Å². The minimum Gasteiger partial charge on any atom is -0.496 e. The largest absolute Gasteiger partial charge is 0.496 e. The van der Waals surface area contributed by atoms with Gasteiger partial charge >= 0.3 is 0 Å². The number of hydrogen-bond acceptors (Lipinski definition) is 6. The Morgan fingerprint density at radius 1 is 0.963 bits per heavy atom. The van der Waals surface area contributed by atoms with Crippen LogP contribution in [-0.4, -0.2) is 33.6 Å². The first-order valence-electron chi connectivity index (χ1n) is 8.49. The number of hydrogen-bond donors (Lipinski definition) is 1. The highest BCUT2D eigenvalue weighted by Crippen LogP contribution is 2.38. The summed E-state index contributed by atoms with van der Waals surface area (Å²) in [6, 6.07) is 11.5. The molecule has 0 aliphatic heterocycles. The molecule has 4 aromatic rings. The molecule has 0 aliphatic rings.